The van der Waals surface area contributed by atoms with Crippen LogP contribution in [0.2, 0.25) is 0 Å². The molecule has 0 bridgehead atoms. The lowest BCUT2D eigenvalue weighted by molar-refractivity contribution is 0.0944. The third-order valence-electron chi connectivity index (χ3n) is 5.98. The fourth-order valence-corrected chi connectivity index (χ4v) is 5.43. The molecule has 0 unspecified atom stereocenters. The standard InChI is InChI=1S/C25H28N4O5S/c1-17-5-4-8-20(15-17)29-23(31)16-22(30)24(27-29)25(32)26-14-13-18-9-11-21(12-10-18)35(33,34)28-19-6-2-3-7-19/h4-5,8-12,15-16,19,28,30H,2-3,6-7,13-14H2,1H3,(H,26,32). The van der Waals surface area contributed by atoms with Crippen LogP contribution in [0, 0.1) is 6.92 Å². The van der Waals surface area contributed by atoms with Crippen LogP contribution < -0.4 is 15.6 Å². The highest BCUT2D eigenvalue weighted by Crippen LogP contribution is 2.21. The van der Waals surface area contributed by atoms with E-state index in [1.165, 1.54) is 0 Å². The van der Waals surface area contributed by atoms with Crippen molar-refractivity contribution in [2.75, 3.05) is 6.54 Å². The highest BCUT2D eigenvalue weighted by atomic mass is 32.2. The van der Waals surface area contributed by atoms with Crippen LogP contribution in [0.5, 0.6) is 5.75 Å². The molecule has 1 fully saturated rings. The number of aromatic hydroxyl groups is 1. The summed E-state index contributed by atoms with van der Waals surface area (Å²) in [6, 6.07) is 14.6. The van der Waals surface area contributed by atoms with Crippen LogP contribution in [0.1, 0.15) is 47.3 Å². The number of sulfonamides is 1. The number of hydrogen-bond donors (Lipinski definition) is 3. The zero-order valence-electron chi connectivity index (χ0n) is 19.4. The van der Waals surface area contributed by atoms with E-state index in [9.17, 15) is 23.1 Å². The monoisotopic (exact) mass is 496 g/mol. The largest absolute Gasteiger partial charge is 0.505 e. The summed E-state index contributed by atoms with van der Waals surface area (Å²) in [6.45, 7) is 2.10. The number of aryl methyl sites for hydroxylation is 1. The first-order valence-corrected chi connectivity index (χ1v) is 13.0. The molecular weight excluding hydrogens is 468 g/mol. The molecule has 184 valence electrons. The lowest BCUT2D eigenvalue weighted by atomic mass is 10.1. The van der Waals surface area contributed by atoms with Gasteiger partial charge in [-0.05, 0) is 61.6 Å². The Labute approximate surface area is 203 Å². The van der Waals surface area contributed by atoms with Gasteiger partial charge < -0.3 is 10.4 Å². The summed E-state index contributed by atoms with van der Waals surface area (Å²) in [4.78, 5) is 25.1. The van der Waals surface area contributed by atoms with E-state index in [1.807, 2.05) is 13.0 Å². The highest BCUT2D eigenvalue weighted by Gasteiger charge is 2.23. The summed E-state index contributed by atoms with van der Waals surface area (Å²) in [5.41, 5.74) is 1.43. The normalized spacial score (nSPS) is 14.2. The van der Waals surface area contributed by atoms with Crippen LogP contribution in [0.15, 0.2) is 64.3 Å². The number of nitrogens with zero attached hydrogens (tertiary/aromatic N) is 2. The molecule has 0 spiro atoms. The molecule has 1 aliphatic rings. The van der Waals surface area contributed by atoms with E-state index >= 15 is 0 Å². The van der Waals surface area contributed by atoms with Gasteiger partial charge in [-0.25, -0.2) is 13.1 Å². The molecule has 4 rings (SSSR count). The van der Waals surface area contributed by atoms with Gasteiger partial charge in [0.1, 0.15) is 0 Å². The maximum Gasteiger partial charge on any atom is 0.275 e. The Morgan fingerprint density at radius 1 is 1.11 bits per heavy atom. The minimum absolute atomic E-state index is 0.000174. The molecule has 35 heavy (non-hydrogen) atoms. The smallest absolute Gasteiger partial charge is 0.275 e. The summed E-state index contributed by atoms with van der Waals surface area (Å²) >= 11 is 0. The van der Waals surface area contributed by atoms with Crippen molar-refractivity contribution in [1.29, 1.82) is 0 Å². The lowest BCUT2D eigenvalue weighted by Crippen LogP contribution is -2.32. The van der Waals surface area contributed by atoms with Gasteiger partial charge in [-0.15, -0.1) is 0 Å². The van der Waals surface area contributed by atoms with Gasteiger partial charge in [0, 0.05) is 18.7 Å². The summed E-state index contributed by atoms with van der Waals surface area (Å²) in [6.07, 6.45) is 4.25. The van der Waals surface area contributed by atoms with E-state index in [1.54, 1.807) is 42.5 Å². The van der Waals surface area contributed by atoms with E-state index in [2.05, 4.69) is 15.1 Å². The Kier molecular flexibility index (Phi) is 7.32. The highest BCUT2D eigenvalue weighted by molar-refractivity contribution is 7.89. The summed E-state index contributed by atoms with van der Waals surface area (Å²) < 4.78 is 28.9. The van der Waals surface area contributed by atoms with Crippen molar-refractivity contribution < 1.29 is 18.3 Å². The fourth-order valence-electron chi connectivity index (χ4n) is 4.12. The average molecular weight is 497 g/mol. The van der Waals surface area contributed by atoms with Crippen molar-refractivity contribution in [3.05, 3.63) is 81.8 Å². The molecule has 1 amide bonds. The van der Waals surface area contributed by atoms with E-state index < -0.39 is 27.2 Å². The second-order valence-electron chi connectivity index (χ2n) is 8.72. The van der Waals surface area contributed by atoms with Crippen molar-refractivity contribution in [2.24, 2.45) is 0 Å². The van der Waals surface area contributed by atoms with Gasteiger partial charge in [0.25, 0.3) is 11.5 Å². The van der Waals surface area contributed by atoms with Gasteiger partial charge in [0.15, 0.2) is 11.4 Å². The quantitative estimate of drug-likeness (QED) is 0.439. The molecule has 3 aromatic rings. The second kappa shape index (κ2) is 10.4. The Balaban J connectivity index is 1.38. The molecule has 2 aromatic carbocycles. The van der Waals surface area contributed by atoms with Gasteiger partial charge in [-0.2, -0.15) is 9.78 Å². The van der Waals surface area contributed by atoms with E-state index in [0.717, 1.165) is 47.6 Å². The minimum Gasteiger partial charge on any atom is -0.505 e. The zero-order valence-corrected chi connectivity index (χ0v) is 20.2. The summed E-state index contributed by atoms with van der Waals surface area (Å²) in [5, 5.41) is 16.9. The molecular formula is C25H28N4O5S. The molecule has 1 aliphatic carbocycles. The first kappa shape index (κ1) is 24.6. The Bertz CT molecular complexity index is 1380. The number of amides is 1. The van der Waals surface area contributed by atoms with Gasteiger partial charge >= 0.3 is 0 Å². The van der Waals surface area contributed by atoms with Crippen LogP contribution in [0.25, 0.3) is 5.69 Å². The molecule has 0 saturated heterocycles. The molecule has 0 atom stereocenters. The zero-order chi connectivity index (χ0) is 25.0. The average Bonchev–Trinajstić information content (AvgIpc) is 3.32. The number of carbonyl (C=O) groups is 1. The number of nitrogens with one attached hydrogen (secondary N) is 2. The summed E-state index contributed by atoms with van der Waals surface area (Å²) in [7, 11) is -3.55. The van der Waals surface area contributed by atoms with Crippen molar-refractivity contribution in [3.8, 4) is 11.4 Å². The number of hydrogen-bond acceptors (Lipinski definition) is 6. The fraction of sp³-hybridized carbons (Fsp3) is 0.320. The van der Waals surface area contributed by atoms with Gasteiger partial charge in [0.05, 0.1) is 10.6 Å². The molecule has 0 aliphatic heterocycles. The van der Waals surface area contributed by atoms with E-state index in [4.69, 9.17) is 0 Å². The first-order valence-electron chi connectivity index (χ1n) is 11.5. The molecule has 1 heterocycles. The van der Waals surface area contributed by atoms with E-state index in [-0.39, 0.29) is 23.2 Å². The van der Waals surface area contributed by atoms with Crippen molar-refractivity contribution in [1.82, 2.24) is 19.8 Å². The van der Waals surface area contributed by atoms with Crippen molar-refractivity contribution >= 4 is 15.9 Å². The van der Waals surface area contributed by atoms with Crippen LogP contribution >= 0.6 is 0 Å². The van der Waals surface area contributed by atoms with Gasteiger partial charge in [-0.1, -0.05) is 37.1 Å². The van der Waals surface area contributed by atoms with Crippen LogP contribution in [0.4, 0.5) is 0 Å². The maximum atomic E-state index is 12.6. The predicted molar refractivity (Wildman–Crippen MR) is 131 cm³/mol. The molecule has 1 saturated carbocycles. The lowest BCUT2D eigenvalue weighted by Gasteiger charge is -2.13. The number of benzene rings is 2. The van der Waals surface area contributed by atoms with Crippen LogP contribution in [0.3, 0.4) is 0 Å². The predicted octanol–water partition coefficient (Wildman–Crippen LogP) is 2.44. The van der Waals surface area contributed by atoms with E-state index in [0.29, 0.717) is 12.1 Å². The Hall–Kier alpha value is -3.50. The minimum atomic E-state index is -3.55. The number of carbonyl (C=O) groups excluding carboxylic acids is 1. The third kappa shape index (κ3) is 5.95. The maximum absolute atomic E-state index is 12.6. The summed E-state index contributed by atoms with van der Waals surface area (Å²) in [5.74, 6) is -1.12. The first-order chi connectivity index (χ1) is 16.7. The van der Waals surface area contributed by atoms with Crippen LogP contribution in [-0.4, -0.2) is 41.8 Å². The van der Waals surface area contributed by atoms with Gasteiger partial charge in [-0.3, -0.25) is 9.59 Å². The van der Waals surface area contributed by atoms with Crippen molar-refractivity contribution in [3.63, 3.8) is 0 Å². The Morgan fingerprint density at radius 3 is 2.51 bits per heavy atom. The molecule has 3 N–H and O–H groups in total. The topological polar surface area (TPSA) is 130 Å². The molecule has 10 heteroatoms. The number of aromatic nitrogens is 2. The van der Waals surface area contributed by atoms with Crippen molar-refractivity contribution in [2.45, 2.75) is 50.0 Å². The number of rotatable bonds is 8. The second-order valence-corrected chi connectivity index (χ2v) is 10.4. The third-order valence-corrected chi connectivity index (χ3v) is 7.52. The Morgan fingerprint density at radius 2 is 1.83 bits per heavy atom. The molecule has 9 nitrogen and oxygen atoms in total. The molecule has 1 aromatic heterocycles. The molecule has 0 radical (unpaired) electrons. The SMILES string of the molecule is Cc1cccc(-n2nc(C(=O)NCCc3ccc(S(=O)(=O)NC4CCCC4)cc3)c(O)cc2=O)c1. The van der Waals surface area contributed by atoms with Gasteiger partial charge in [0.2, 0.25) is 10.0 Å². The van der Waals surface area contributed by atoms with Crippen LogP contribution in [-0.2, 0) is 16.4 Å².